The highest BCUT2D eigenvalue weighted by Crippen LogP contribution is 2.16. The summed E-state index contributed by atoms with van der Waals surface area (Å²) in [7, 11) is 0. The highest BCUT2D eigenvalue weighted by molar-refractivity contribution is 5.80. The maximum absolute atomic E-state index is 12.2. The first kappa shape index (κ1) is 23.5. The molecule has 6 nitrogen and oxygen atoms in total. The lowest BCUT2D eigenvalue weighted by molar-refractivity contribution is -0.120. The van der Waals surface area contributed by atoms with Crippen molar-refractivity contribution in [3.8, 4) is 17.6 Å². The zero-order chi connectivity index (χ0) is 23.9. The normalized spacial score (nSPS) is 14.7. The first-order valence-electron chi connectivity index (χ1n) is 11.7. The minimum absolute atomic E-state index is 0.179. The third kappa shape index (κ3) is 6.00. The smallest absolute Gasteiger partial charge is 0.296 e. The van der Waals surface area contributed by atoms with E-state index in [4.69, 9.17) is 0 Å². The molecule has 0 amide bonds. The number of carbonyl (C=O) groups is 1. The maximum atomic E-state index is 12.2. The van der Waals surface area contributed by atoms with Crippen LogP contribution in [-0.2, 0) is 17.8 Å². The summed E-state index contributed by atoms with van der Waals surface area (Å²) >= 11 is 0. The van der Waals surface area contributed by atoms with Crippen molar-refractivity contribution in [2.75, 3.05) is 13.1 Å². The predicted octanol–water partition coefficient (Wildman–Crippen LogP) is 3.71. The second-order valence-electron chi connectivity index (χ2n) is 8.80. The topological polar surface area (TPSA) is 75.4 Å². The lowest BCUT2D eigenvalue weighted by Gasteiger charge is -2.26. The van der Waals surface area contributed by atoms with E-state index in [-0.39, 0.29) is 5.78 Å². The second kappa shape index (κ2) is 11.0. The lowest BCUT2D eigenvalue weighted by atomic mass is 10.0. The molecular weight excluding hydrogens is 426 g/mol. The SMILES string of the molecule is CC(=O)C(Cc1ccc(C#Cc2ccc(CN3CCCCC3)cc2)cc1)n1cncc(O)c1=O. The summed E-state index contributed by atoms with van der Waals surface area (Å²) < 4.78 is 1.18. The van der Waals surface area contributed by atoms with Gasteiger partial charge in [0.15, 0.2) is 11.5 Å². The van der Waals surface area contributed by atoms with Gasteiger partial charge in [-0.1, -0.05) is 42.5 Å². The fraction of sp³-hybridized carbons (Fsp3) is 0.321. The van der Waals surface area contributed by atoms with Gasteiger partial charge in [-0.3, -0.25) is 19.1 Å². The number of aromatic nitrogens is 2. The van der Waals surface area contributed by atoms with Gasteiger partial charge in [-0.25, -0.2) is 4.98 Å². The molecule has 3 aromatic rings. The van der Waals surface area contributed by atoms with Crippen LogP contribution >= 0.6 is 0 Å². The van der Waals surface area contributed by atoms with Crippen LogP contribution in [0.5, 0.6) is 5.75 Å². The van der Waals surface area contributed by atoms with Gasteiger partial charge in [0.25, 0.3) is 5.56 Å². The molecule has 2 heterocycles. The van der Waals surface area contributed by atoms with Crippen molar-refractivity contribution in [3.05, 3.63) is 93.7 Å². The van der Waals surface area contributed by atoms with Crippen LogP contribution in [-0.4, -0.2) is 38.4 Å². The number of hydrogen-bond acceptors (Lipinski definition) is 5. The second-order valence-corrected chi connectivity index (χ2v) is 8.80. The van der Waals surface area contributed by atoms with Crippen LogP contribution in [0.2, 0.25) is 0 Å². The summed E-state index contributed by atoms with van der Waals surface area (Å²) in [5.41, 5.74) is 3.43. The van der Waals surface area contributed by atoms with E-state index >= 15 is 0 Å². The first-order valence-corrected chi connectivity index (χ1v) is 11.7. The van der Waals surface area contributed by atoms with E-state index in [1.807, 2.05) is 24.3 Å². The van der Waals surface area contributed by atoms with Gasteiger partial charge in [0, 0.05) is 24.1 Å². The van der Waals surface area contributed by atoms with E-state index in [1.165, 1.54) is 55.7 Å². The van der Waals surface area contributed by atoms with Crippen LogP contribution in [0.15, 0.2) is 65.8 Å². The first-order chi connectivity index (χ1) is 16.5. The van der Waals surface area contributed by atoms with Crippen molar-refractivity contribution < 1.29 is 9.90 Å². The van der Waals surface area contributed by atoms with Gasteiger partial charge in [-0.05, 0) is 68.2 Å². The van der Waals surface area contributed by atoms with Crippen LogP contribution < -0.4 is 5.56 Å². The third-order valence-corrected chi connectivity index (χ3v) is 6.19. The molecule has 1 N–H and O–H groups in total. The van der Waals surface area contributed by atoms with Crippen LogP contribution in [0.4, 0.5) is 0 Å². The Bertz CT molecular complexity index is 1250. The Morgan fingerprint density at radius 2 is 1.56 bits per heavy atom. The molecule has 1 saturated heterocycles. The largest absolute Gasteiger partial charge is 0.502 e. The van der Waals surface area contributed by atoms with E-state index in [2.05, 4.69) is 46.0 Å². The molecule has 34 heavy (non-hydrogen) atoms. The van der Waals surface area contributed by atoms with Gasteiger partial charge in [0.2, 0.25) is 0 Å². The van der Waals surface area contributed by atoms with Crippen LogP contribution in [0.25, 0.3) is 0 Å². The summed E-state index contributed by atoms with van der Waals surface area (Å²) in [6.07, 6.45) is 6.62. The average molecular weight is 456 g/mol. The predicted molar refractivity (Wildman–Crippen MR) is 132 cm³/mol. The van der Waals surface area contributed by atoms with Gasteiger partial charge < -0.3 is 5.11 Å². The number of ketones is 1. The van der Waals surface area contributed by atoms with Crippen molar-refractivity contribution in [1.82, 2.24) is 14.5 Å². The zero-order valence-electron chi connectivity index (χ0n) is 19.4. The van der Waals surface area contributed by atoms with E-state index in [0.29, 0.717) is 6.42 Å². The fourth-order valence-electron chi connectivity index (χ4n) is 4.24. The fourth-order valence-corrected chi connectivity index (χ4v) is 4.24. The number of rotatable bonds is 6. The number of nitrogens with zero attached hydrogens (tertiary/aromatic N) is 3. The van der Waals surface area contributed by atoms with Crippen LogP contribution in [0.1, 0.15) is 54.5 Å². The Morgan fingerprint density at radius 1 is 0.971 bits per heavy atom. The van der Waals surface area contributed by atoms with E-state index in [9.17, 15) is 14.7 Å². The van der Waals surface area contributed by atoms with E-state index in [0.717, 1.165) is 29.4 Å². The number of likely N-dealkylation sites (tertiary alicyclic amines) is 1. The molecule has 0 bridgehead atoms. The Hall–Kier alpha value is -3.69. The van der Waals surface area contributed by atoms with Crippen LogP contribution in [0.3, 0.4) is 0 Å². The molecule has 1 fully saturated rings. The molecule has 0 radical (unpaired) electrons. The minimum Gasteiger partial charge on any atom is -0.502 e. The monoisotopic (exact) mass is 455 g/mol. The maximum Gasteiger partial charge on any atom is 0.296 e. The third-order valence-electron chi connectivity index (χ3n) is 6.19. The molecule has 2 aromatic carbocycles. The molecule has 6 heteroatoms. The molecular formula is C28H29N3O3. The Kier molecular flexibility index (Phi) is 7.56. The van der Waals surface area contributed by atoms with Crippen molar-refractivity contribution in [1.29, 1.82) is 0 Å². The van der Waals surface area contributed by atoms with Crippen molar-refractivity contribution >= 4 is 5.78 Å². The molecule has 4 rings (SSSR count). The van der Waals surface area contributed by atoms with Gasteiger partial charge in [0.1, 0.15) is 6.04 Å². The average Bonchev–Trinajstić information content (AvgIpc) is 2.85. The molecule has 1 aromatic heterocycles. The summed E-state index contributed by atoms with van der Waals surface area (Å²) in [6, 6.07) is 15.3. The zero-order valence-corrected chi connectivity index (χ0v) is 19.4. The molecule has 0 aliphatic carbocycles. The van der Waals surface area contributed by atoms with Crippen molar-refractivity contribution in [3.63, 3.8) is 0 Å². The Morgan fingerprint density at radius 3 is 2.15 bits per heavy atom. The molecule has 1 unspecified atom stereocenters. The quantitative estimate of drug-likeness (QED) is 0.574. The van der Waals surface area contributed by atoms with Gasteiger partial charge in [-0.15, -0.1) is 0 Å². The minimum atomic E-state index is -0.729. The van der Waals surface area contributed by atoms with E-state index in [1.54, 1.807) is 0 Å². The highest BCUT2D eigenvalue weighted by atomic mass is 16.3. The molecule has 174 valence electrons. The molecule has 0 saturated carbocycles. The number of benzene rings is 2. The summed E-state index contributed by atoms with van der Waals surface area (Å²) in [4.78, 5) is 30.7. The standard InChI is InChI=1S/C28H29N3O3/c1-21(32)26(31-20-29-18-27(33)28(31)34)17-24-11-7-22(8-12-24)5-6-23-9-13-25(14-10-23)19-30-15-3-2-4-16-30/h7-14,18,20,26,33H,2-4,15-17,19H2,1H3. The highest BCUT2D eigenvalue weighted by Gasteiger charge is 2.19. The number of piperidine rings is 1. The Balaban J connectivity index is 1.40. The molecule has 0 spiro atoms. The summed E-state index contributed by atoms with van der Waals surface area (Å²) in [6.45, 7) is 4.80. The Labute approximate surface area is 199 Å². The number of Topliss-reactive ketones (excluding diaryl/α,β-unsaturated/α-hetero) is 1. The van der Waals surface area contributed by atoms with Gasteiger partial charge in [-0.2, -0.15) is 0 Å². The molecule has 1 atom stereocenters. The molecule has 1 aliphatic heterocycles. The number of hydrogen-bond donors (Lipinski definition) is 1. The van der Waals surface area contributed by atoms with Crippen molar-refractivity contribution in [2.24, 2.45) is 0 Å². The van der Waals surface area contributed by atoms with Gasteiger partial charge in [0.05, 0.1) is 12.5 Å². The van der Waals surface area contributed by atoms with Crippen LogP contribution in [0, 0.1) is 11.8 Å². The van der Waals surface area contributed by atoms with Gasteiger partial charge >= 0.3 is 0 Å². The number of carbonyl (C=O) groups excluding carboxylic acids is 1. The summed E-state index contributed by atoms with van der Waals surface area (Å²) in [5, 5.41) is 9.65. The lowest BCUT2D eigenvalue weighted by Crippen LogP contribution is -2.30. The summed E-state index contributed by atoms with van der Waals surface area (Å²) in [5.74, 6) is 5.75. The molecule has 1 aliphatic rings. The van der Waals surface area contributed by atoms with Crippen molar-refractivity contribution in [2.45, 2.75) is 45.2 Å². The van der Waals surface area contributed by atoms with E-state index < -0.39 is 17.4 Å². The number of aromatic hydroxyl groups is 1.